The molecule has 1 aromatic rings. The van der Waals surface area contributed by atoms with Gasteiger partial charge in [0, 0.05) is 6.54 Å². The maximum Gasteiger partial charge on any atom is 0.296 e. The molecule has 0 spiro atoms. The monoisotopic (exact) mass is 476 g/mol. The highest BCUT2D eigenvalue weighted by atomic mass is 32.2. The Morgan fingerprint density at radius 1 is 1.16 bits per heavy atom. The number of carbonyl (C=O) groups excluding carboxylic acids is 1. The molecule has 1 atom stereocenters. The highest BCUT2D eigenvalue weighted by Crippen LogP contribution is 2.35. The van der Waals surface area contributed by atoms with Crippen molar-refractivity contribution in [2.24, 2.45) is 16.0 Å². The van der Waals surface area contributed by atoms with Crippen molar-refractivity contribution in [3.63, 3.8) is 0 Å². The number of hydrogen-bond donors (Lipinski definition) is 5. The Kier molecular flexibility index (Phi) is 6.43. The molecule has 31 heavy (non-hydrogen) atoms. The van der Waals surface area contributed by atoms with Crippen LogP contribution in [0.1, 0.15) is 13.8 Å². The van der Waals surface area contributed by atoms with Gasteiger partial charge in [0.1, 0.15) is 26.7 Å². The molecule has 7 N–H and O–H groups in total. The quantitative estimate of drug-likeness (QED) is 0.278. The molecule has 2 rings (SSSR count). The number of amides is 1. The van der Waals surface area contributed by atoms with E-state index in [1.807, 2.05) is 0 Å². The summed E-state index contributed by atoms with van der Waals surface area (Å²) >= 11 is 0. The van der Waals surface area contributed by atoms with Gasteiger partial charge in [-0.05, 0) is 31.6 Å². The minimum Gasteiger partial charge on any atom is -0.494 e. The van der Waals surface area contributed by atoms with E-state index in [2.05, 4.69) is 10.2 Å². The number of carbonyl (C=O) groups is 1. The molecular weight excluding hydrogens is 458 g/mol. The summed E-state index contributed by atoms with van der Waals surface area (Å²) in [5.74, 6) is -1.65. The van der Waals surface area contributed by atoms with Crippen molar-refractivity contribution in [1.29, 1.82) is 0 Å². The van der Waals surface area contributed by atoms with Crippen LogP contribution in [0.2, 0.25) is 0 Å². The number of nitrogens with two attached hydrogens (primary N) is 1. The number of benzene rings is 1. The van der Waals surface area contributed by atoms with Gasteiger partial charge in [0.15, 0.2) is 6.23 Å². The lowest BCUT2D eigenvalue weighted by Crippen LogP contribution is -2.41. The third-order valence-corrected chi connectivity index (χ3v) is 6.04. The average molecular weight is 476 g/mol. The second kappa shape index (κ2) is 8.23. The van der Waals surface area contributed by atoms with Gasteiger partial charge >= 0.3 is 0 Å². The van der Waals surface area contributed by atoms with Crippen LogP contribution in [0.4, 0.5) is 11.4 Å². The van der Waals surface area contributed by atoms with Gasteiger partial charge in [-0.15, -0.1) is 10.2 Å². The summed E-state index contributed by atoms with van der Waals surface area (Å²) in [5.41, 5.74) is 10.6. The molecule has 1 aromatic carbocycles. The third-order valence-electron chi connectivity index (χ3n) is 4.26. The number of nitrogens with one attached hydrogen (secondary N) is 1. The number of aliphatic hydroxyl groups is 2. The van der Waals surface area contributed by atoms with Crippen LogP contribution in [-0.4, -0.2) is 59.7 Å². The van der Waals surface area contributed by atoms with E-state index in [0.717, 1.165) is 4.90 Å². The minimum atomic E-state index is -5.09. The molecule has 1 amide bonds. The number of hydrogen-bond acceptors (Lipinski definition) is 10. The average Bonchev–Trinajstić information content (AvgIpc) is 2.59. The van der Waals surface area contributed by atoms with Gasteiger partial charge in [-0.1, -0.05) is 0 Å². The van der Waals surface area contributed by atoms with Crippen LogP contribution in [0, 0.1) is 0 Å². The highest BCUT2D eigenvalue weighted by molar-refractivity contribution is 7.86. The van der Waals surface area contributed by atoms with Crippen molar-refractivity contribution in [3.05, 3.63) is 34.9 Å². The molecular formula is C15H18N5O9S2. The van der Waals surface area contributed by atoms with E-state index < -0.39 is 59.4 Å². The van der Waals surface area contributed by atoms with Crippen molar-refractivity contribution in [2.45, 2.75) is 29.9 Å². The molecule has 1 aliphatic heterocycles. The SMILES string of the molecule is CCN1C(O)=C(C(N)=O)C(C)=C(N=Nc2cc([NH])c(S(=O)(=O)O)cc2S(=O)(=O)O)C1O. The van der Waals surface area contributed by atoms with E-state index in [-0.39, 0.29) is 23.4 Å². The van der Waals surface area contributed by atoms with Crippen LogP contribution in [0.15, 0.2) is 54.9 Å². The van der Waals surface area contributed by atoms with Crippen LogP contribution < -0.4 is 11.5 Å². The zero-order valence-corrected chi connectivity index (χ0v) is 17.6. The van der Waals surface area contributed by atoms with Crippen molar-refractivity contribution in [3.8, 4) is 0 Å². The van der Waals surface area contributed by atoms with Crippen molar-refractivity contribution in [1.82, 2.24) is 10.6 Å². The Labute approximate surface area is 176 Å². The molecule has 0 aliphatic carbocycles. The lowest BCUT2D eigenvalue weighted by molar-refractivity contribution is -0.115. The van der Waals surface area contributed by atoms with Crippen molar-refractivity contribution < 1.29 is 40.9 Å². The van der Waals surface area contributed by atoms with Gasteiger partial charge in [-0.25, -0.2) is 0 Å². The topological polar surface area (TPSA) is 244 Å². The molecule has 0 aromatic heterocycles. The number of aliphatic hydroxyl groups excluding tert-OH is 2. The van der Waals surface area contributed by atoms with E-state index >= 15 is 0 Å². The second-order valence-electron chi connectivity index (χ2n) is 6.20. The van der Waals surface area contributed by atoms with Crippen molar-refractivity contribution in [2.75, 3.05) is 6.54 Å². The summed E-state index contributed by atoms with van der Waals surface area (Å²) in [4.78, 5) is 10.4. The summed E-state index contributed by atoms with van der Waals surface area (Å²) in [6.45, 7) is 2.82. The van der Waals surface area contributed by atoms with E-state index in [0.29, 0.717) is 12.1 Å². The Bertz CT molecular complexity index is 1250. The first-order valence-corrected chi connectivity index (χ1v) is 11.1. The Morgan fingerprint density at radius 2 is 1.71 bits per heavy atom. The maximum atomic E-state index is 11.7. The fraction of sp³-hybridized carbons (Fsp3) is 0.267. The standard InChI is InChI=1S/C15H18N5O9S2/c1-3-20-14(22)11(13(17)21)6(2)12(15(20)23)19-18-8-4-7(16)9(30(24,25)26)5-10(8)31(27,28)29/h4-5,15-16,22-23H,3H2,1-2H3,(H2,17,21)(H,24,25,26)(H,27,28,29). The Morgan fingerprint density at radius 3 is 2.16 bits per heavy atom. The number of rotatable bonds is 6. The third kappa shape index (κ3) is 4.67. The normalized spacial score (nSPS) is 18.2. The van der Waals surface area contributed by atoms with Crippen LogP contribution in [-0.2, 0) is 25.0 Å². The summed E-state index contributed by atoms with van der Waals surface area (Å²) in [7, 11) is -10.1. The van der Waals surface area contributed by atoms with E-state index in [9.17, 15) is 36.4 Å². The molecule has 16 heteroatoms. The summed E-state index contributed by atoms with van der Waals surface area (Å²) in [6, 6.07) is 0.916. The van der Waals surface area contributed by atoms with E-state index in [1.54, 1.807) is 0 Å². The maximum absolute atomic E-state index is 11.7. The summed E-state index contributed by atoms with van der Waals surface area (Å²) in [6.07, 6.45) is -1.63. The highest BCUT2D eigenvalue weighted by Gasteiger charge is 2.34. The number of primary amides is 1. The Balaban J connectivity index is 2.74. The van der Waals surface area contributed by atoms with Gasteiger partial charge in [-0.3, -0.25) is 19.6 Å². The predicted octanol–water partition coefficient (Wildman–Crippen LogP) is 0.361. The lowest BCUT2D eigenvalue weighted by atomic mass is 10.0. The molecule has 1 radical (unpaired) electrons. The fourth-order valence-corrected chi connectivity index (χ4v) is 4.11. The van der Waals surface area contributed by atoms with Gasteiger partial charge in [0.25, 0.3) is 26.1 Å². The predicted molar refractivity (Wildman–Crippen MR) is 103 cm³/mol. The molecule has 1 aliphatic rings. The lowest BCUT2D eigenvalue weighted by Gasteiger charge is -2.33. The first-order chi connectivity index (χ1) is 14.1. The van der Waals surface area contributed by atoms with Crippen LogP contribution >= 0.6 is 0 Å². The minimum absolute atomic E-state index is 0.00622. The van der Waals surface area contributed by atoms with E-state index in [4.69, 9.17) is 16.0 Å². The zero-order chi connectivity index (χ0) is 23.9. The van der Waals surface area contributed by atoms with Crippen LogP contribution in [0.5, 0.6) is 0 Å². The molecule has 1 unspecified atom stereocenters. The molecule has 169 valence electrons. The molecule has 14 nitrogen and oxygen atoms in total. The molecule has 0 bridgehead atoms. The largest absolute Gasteiger partial charge is 0.494 e. The molecule has 0 saturated carbocycles. The first kappa shape index (κ1) is 24.2. The number of likely N-dealkylation sites (N-methyl/N-ethyl adjacent to an activating group) is 1. The first-order valence-electron chi connectivity index (χ1n) is 8.26. The molecule has 0 fully saturated rings. The van der Waals surface area contributed by atoms with Crippen molar-refractivity contribution >= 4 is 37.5 Å². The van der Waals surface area contributed by atoms with Gasteiger partial charge in [-0.2, -0.15) is 16.8 Å². The summed E-state index contributed by atoms with van der Waals surface area (Å²) < 4.78 is 64.4. The van der Waals surface area contributed by atoms with Gasteiger partial charge < -0.3 is 20.8 Å². The number of azo groups is 1. The fourth-order valence-electron chi connectivity index (χ4n) is 2.80. The number of nitrogens with zero attached hydrogens (tertiary/aromatic N) is 3. The summed E-state index contributed by atoms with van der Waals surface area (Å²) in [5, 5.41) is 27.8. The van der Waals surface area contributed by atoms with Gasteiger partial charge in [0.2, 0.25) is 5.88 Å². The smallest absolute Gasteiger partial charge is 0.296 e. The zero-order valence-electron chi connectivity index (χ0n) is 16.0. The second-order valence-corrected chi connectivity index (χ2v) is 8.98. The molecule has 1 heterocycles. The van der Waals surface area contributed by atoms with Gasteiger partial charge in [0.05, 0.1) is 5.69 Å². The Hall–Kier alpha value is -3.05. The van der Waals surface area contributed by atoms with Crippen LogP contribution in [0.3, 0.4) is 0 Å². The molecule has 0 saturated heterocycles. The van der Waals surface area contributed by atoms with Crippen LogP contribution in [0.25, 0.3) is 0 Å². The van der Waals surface area contributed by atoms with E-state index in [1.165, 1.54) is 13.8 Å².